The zero-order valence-electron chi connectivity index (χ0n) is 9.69. The van der Waals surface area contributed by atoms with Gasteiger partial charge in [-0.25, -0.2) is 0 Å². The fraction of sp³-hybridized carbons (Fsp3) is 0.818. The molecule has 0 bridgehead atoms. The van der Waals surface area contributed by atoms with Crippen LogP contribution < -0.4 is 5.73 Å². The van der Waals surface area contributed by atoms with Crippen molar-refractivity contribution >= 4 is 11.8 Å². The summed E-state index contributed by atoms with van der Waals surface area (Å²) in [5, 5.41) is 4.53. The average molecular weight is 241 g/mol. The Balaban J connectivity index is 1.96. The Morgan fingerprint density at radius 2 is 2.50 bits per heavy atom. The van der Waals surface area contributed by atoms with Gasteiger partial charge in [-0.05, 0) is 31.1 Å². The average Bonchev–Trinajstić information content (AvgIpc) is 2.96. The zero-order valence-corrected chi connectivity index (χ0v) is 10.5. The molecule has 1 fully saturated rings. The minimum Gasteiger partial charge on any atom is -0.339 e. The van der Waals surface area contributed by atoms with Crippen molar-refractivity contribution in [2.75, 3.05) is 12.3 Å². The highest BCUT2D eigenvalue weighted by Gasteiger charge is 2.23. The number of nitrogens with zero attached hydrogens (tertiary/aromatic N) is 2. The summed E-state index contributed by atoms with van der Waals surface area (Å²) in [4.78, 5) is 4.47. The van der Waals surface area contributed by atoms with Crippen LogP contribution in [0.15, 0.2) is 4.52 Å². The van der Waals surface area contributed by atoms with Gasteiger partial charge in [0.2, 0.25) is 5.89 Å². The third kappa shape index (κ3) is 2.77. The maximum Gasteiger partial charge on any atom is 0.227 e. The van der Waals surface area contributed by atoms with Crippen molar-refractivity contribution in [1.82, 2.24) is 10.1 Å². The number of thioether (sulfide) groups is 1. The van der Waals surface area contributed by atoms with E-state index in [0.717, 1.165) is 24.6 Å². The van der Waals surface area contributed by atoms with Crippen LogP contribution in [0.3, 0.4) is 0 Å². The summed E-state index contributed by atoms with van der Waals surface area (Å²) in [6.45, 7) is 2.83. The molecule has 90 valence electrons. The molecule has 2 unspecified atom stereocenters. The van der Waals surface area contributed by atoms with Crippen LogP contribution in [-0.2, 0) is 6.42 Å². The van der Waals surface area contributed by atoms with Crippen molar-refractivity contribution in [3.8, 4) is 0 Å². The van der Waals surface area contributed by atoms with Crippen molar-refractivity contribution in [3.63, 3.8) is 0 Å². The molecule has 0 saturated carbocycles. The van der Waals surface area contributed by atoms with E-state index in [2.05, 4.69) is 17.1 Å². The maximum absolute atomic E-state index is 5.67. The first kappa shape index (κ1) is 11.9. The highest BCUT2D eigenvalue weighted by Crippen LogP contribution is 2.38. The summed E-state index contributed by atoms with van der Waals surface area (Å²) in [5.74, 6) is 3.31. The number of hydrogen-bond donors (Lipinski definition) is 1. The first-order valence-electron chi connectivity index (χ1n) is 5.97. The van der Waals surface area contributed by atoms with Crippen molar-refractivity contribution in [2.45, 2.75) is 37.9 Å². The Morgan fingerprint density at radius 3 is 3.12 bits per heavy atom. The highest BCUT2D eigenvalue weighted by atomic mass is 32.2. The third-order valence-corrected chi connectivity index (χ3v) is 4.45. The second kappa shape index (κ2) is 5.68. The van der Waals surface area contributed by atoms with Gasteiger partial charge in [0.15, 0.2) is 5.82 Å². The number of nitrogens with two attached hydrogens (primary N) is 1. The molecular weight excluding hydrogens is 222 g/mol. The molecule has 2 rings (SSSR count). The number of aromatic nitrogens is 2. The lowest BCUT2D eigenvalue weighted by Gasteiger charge is -2.07. The molecule has 0 amide bonds. The van der Waals surface area contributed by atoms with Gasteiger partial charge in [-0.3, -0.25) is 0 Å². The Morgan fingerprint density at radius 1 is 1.62 bits per heavy atom. The van der Waals surface area contributed by atoms with Crippen LogP contribution in [0.25, 0.3) is 0 Å². The topological polar surface area (TPSA) is 64.9 Å². The van der Waals surface area contributed by atoms with E-state index in [1.165, 1.54) is 18.6 Å². The van der Waals surface area contributed by atoms with Crippen LogP contribution in [0, 0.1) is 5.92 Å². The fourth-order valence-electron chi connectivity index (χ4n) is 1.90. The Hall–Kier alpha value is -0.550. The minimum atomic E-state index is 0.454. The molecule has 0 aromatic carbocycles. The van der Waals surface area contributed by atoms with E-state index in [1.807, 2.05) is 11.8 Å². The smallest absolute Gasteiger partial charge is 0.227 e. The summed E-state index contributed by atoms with van der Waals surface area (Å²) in [7, 11) is 0. The van der Waals surface area contributed by atoms with E-state index >= 15 is 0 Å². The van der Waals surface area contributed by atoms with E-state index < -0.39 is 0 Å². The third-order valence-electron chi connectivity index (χ3n) is 3.08. The Bertz CT molecular complexity index is 319. The maximum atomic E-state index is 5.67. The van der Waals surface area contributed by atoms with E-state index in [9.17, 15) is 0 Å². The Labute approximate surface area is 100 Å². The van der Waals surface area contributed by atoms with Gasteiger partial charge < -0.3 is 10.3 Å². The van der Waals surface area contributed by atoms with Crippen molar-refractivity contribution in [3.05, 3.63) is 11.7 Å². The second-order valence-electron chi connectivity index (χ2n) is 4.26. The van der Waals surface area contributed by atoms with Gasteiger partial charge in [-0.2, -0.15) is 16.7 Å². The molecule has 2 atom stereocenters. The summed E-state index contributed by atoms with van der Waals surface area (Å²) >= 11 is 1.93. The van der Waals surface area contributed by atoms with Gasteiger partial charge >= 0.3 is 0 Å². The minimum absolute atomic E-state index is 0.454. The van der Waals surface area contributed by atoms with Crippen LogP contribution in [-0.4, -0.2) is 22.4 Å². The largest absolute Gasteiger partial charge is 0.339 e. The van der Waals surface area contributed by atoms with Crippen molar-refractivity contribution in [1.29, 1.82) is 0 Å². The molecule has 5 heteroatoms. The van der Waals surface area contributed by atoms with Crippen LogP contribution in [0.1, 0.15) is 43.2 Å². The van der Waals surface area contributed by atoms with E-state index in [4.69, 9.17) is 10.3 Å². The lowest BCUT2D eigenvalue weighted by atomic mass is 10.0. The summed E-state index contributed by atoms with van der Waals surface area (Å²) in [6.07, 6.45) is 4.32. The van der Waals surface area contributed by atoms with Gasteiger partial charge in [0, 0.05) is 6.42 Å². The van der Waals surface area contributed by atoms with Gasteiger partial charge in [0.25, 0.3) is 0 Å². The van der Waals surface area contributed by atoms with Gasteiger partial charge in [0.05, 0.1) is 5.25 Å². The predicted octanol–water partition coefficient (Wildman–Crippen LogP) is 2.17. The zero-order chi connectivity index (χ0) is 11.4. The van der Waals surface area contributed by atoms with E-state index in [0.29, 0.717) is 17.7 Å². The molecule has 1 aromatic heterocycles. The van der Waals surface area contributed by atoms with Crippen molar-refractivity contribution in [2.24, 2.45) is 11.7 Å². The van der Waals surface area contributed by atoms with E-state index in [-0.39, 0.29) is 0 Å². The Kier molecular flexibility index (Phi) is 4.23. The standard InChI is InChI=1S/C11H19N3OS/c1-2-8(7-12)6-10-13-11(14-15-10)9-4-3-5-16-9/h8-9H,2-7,12H2,1H3. The normalized spacial score (nSPS) is 22.5. The van der Waals surface area contributed by atoms with Gasteiger partial charge in [-0.1, -0.05) is 18.5 Å². The van der Waals surface area contributed by atoms with Gasteiger partial charge in [0.1, 0.15) is 0 Å². The van der Waals surface area contributed by atoms with E-state index in [1.54, 1.807) is 0 Å². The second-order valence-corrected chi connectivity index (χ2v) is 5.57. The lowest BCUT2D eigenvalue weighted by Crippen LogP contribution is -2.16. The predicted molar refractivity (Wildman–Crippen MR) is 65.3 cm³/mol. The molecule has 0 spiro atoms. The van der Waals surface area contributed by atoms with Crippen LogP contribution in [0.2, 0.25) is 0 Å². The molecule has 2 heterocycles. The summed E-state index contributed by atoms with van der Waals surface area (Å²) < 4.78 is 5.28. The first-order chi connectivity index (χ1) is 7.83. The molecular formula is C11H19N3OS. The molecule has 1 saturated heterocycles. The molecule has 16 heavy (non-hydrogen) atoms. The molecule has 0 radical (unpaired) electrons. The van der Waals surface area contributed by atoms with Crippen LogP contribution in [0.4, 0.5) is 0 Å². The molecule has 1 aromatic rings. The molecule has 4 nitrogen and oxygen atoms in total. The summed E-state index contributed by atoms with van der Waals surface area (Å²) in [6, 6.07) is 0. The fourth-order valence-corrected chi connectivity index (χ4v) is 3.10. The molecule has 0 aliphatic carbocycles. The lowest BCUT2D eigenvalue weighted by molar-refractivity contribution is 0.346. The molecule has 1 aliphatic heterocycles. The first-order valence-corrected chi connectivity index (χ1v) is 7.02. The SMILES string of the molecule is CCC(CN)Cc1nc(C2CCCS2)no1. The highest BCUT2D eigenvalue weighted by molar-refractivity contribution is 7.99. The van der Waals surface area contributed by atoms with Crippen LogP contribution in [0.5, 0.6) is 0 Å². The number of rotatable bonds is 5. The number of hydrogen-bond acceptors (Lipinski definition) is 5. The summed E-state index contributed by atoms with van der Waals surface area (Å²) in [5.41, 5.74) is 5.67. The van der Waals surface area contributed by atoms with Crippen molar-refractivity contribution < 1.29 is 4.52 Å². The van der Waals surface area contributed by atoms with Crippen LogP contribution >= 0.6 is 11.8 Å². The molecule has 2 N–H and O–H groups in total. The van der Waals surface area contributed by atoms with Gasteiger partial charge in [-0.15, -0.1) is 0 Å². The quantitative estimate of drug-likeness (QED) is 0.855. The molecule has 1 aliphatic rings. The monoisotopic (exact) mass is 241 g/mol.